The van der Waals surface area contributed by atoms with Gasteiger partial charge in [-0.2, -0.15) is 5.26 Å². The van der Waals surface area contributed by atoms with E-state index in [1.165, 1.54) is 0 Å². The first-order chi connectivity index (χ1) is 10.4. The van der Waals surface area contributed by atoms with Gasteiger partial charge in [-0.15, -0.1) is 6.58 Å². The zero-order valence-corrected chi connectivity index (χ0v) is 11.7. The molecule has 0 unspecified atom stereocenters. The Kier molecular flexibility index (Phi) is 3.53. The van der Waals surface area contributed by atoms with Crippen molar-refractivity contribution in [3.8, 4) is 11.9 Å². The monoisotopic (exact) mass is 273 g/mol. The summed E-state index contributed by atoms with van der Waals surface area (Å²) in [6.45, 7) is 3.77. The van der Waals surface area contributed by atoms with Gasteiger partial charge in [0.15, 0.2) is 0 Å². The Balaban J connectivity index is 2.33. The Hall–Kier alpha value is -2.86. The summed E-state index contributed by atoms with van der Waals surface area (Å²) in [5.41, 5.74) is 2.75. The molecule has 0 aliphatic heterocycles. The van der Waals surface area contributed by atoms with Gasteiger partial charge >= 0.3 is 0 Å². The molecule has 3 rings (SSSR count). The quantitative estimate of drug-likeness (QED) is 0.674. The number of pyridine rings is 1. The van der Waals surface area contributed by atoms with Crippen molar-refractivity contribution in [1.29, 1.82) is 5.26 Å². The summed E-state index contributed by atoms with van der Waals surface area (Å²) < 4.78 is 1.94. The lowest BCUT2D eigenvalue weighted by atomic mass is 10.1. The van der Waals surface area contributed by atoms with Gasteiger partial charge in [0.2, 0.25) is 0 Å². The number of hydrogen-bond donors (Lipinski definition) is 0. The molecule has 0 aliphatic carbocycles. The van der Waals surface area contributed by atoms with E-state index in [2.05, 4.69) is 23.7 Å². The number of nitriles is 1. The summed E-state index contributed by atoms with van der Waals surface area (Å²) in [7, 11) is 0. The number of allylic oxidation sites excluding steroid dienone is 1. The molecular formula is C18H15N3. The number of para-hydroxylation sites is 1. The van der Waals surface area contributed by atoms with Crippen molar-refractivity contribution in [2.75, 3.05) is 0 Å². The fraction of sp³-hybridized carbons (Fsp3) is 0.111. The smallest absolute Gasteiger partial charge is 0.138 e. The van der Waals surface area contributed by atoms with E-state index in [4.69, 9.17) is 0 Å². The summed E-state index contributed by atoms with van der Waals surface area (Å²) >= 11 is 0. The zero-order valence-electron chi connectivity index (χ0n) is 11.7. The van der Waals surface area contributed by atoms with E-state index >= 15 is 0 Å². The molecule has 102 valence electrons. The van der Waals surface area contributed by atoms with Gasteiger partial charge in [-0.3, -0.25) is 4.57 Å². The topological polar surface area (TPSA) is 41.6 Å². The molecule has 0 fully saturated rings. The third-order valence-electron chi connectivity index (χ3n) is 3.56. The minimum absolute atomic E-state index is 0.664. The highest BCUT2D eigenvalue weighted by molar-refractivity contribution is 5.88. The van der Waals surface area contributed by atoms with Gasteiger partial charge in [0.25, 0.3) is 0 Å². The van der Waals surface area contributed by atoms with Gasteiger partial charge in [0.05, 0.1) is 5.52 Å². The summed E-state index contributed by atoms with van der Waals surface area (Å²) in [6.07, 6.45) is 5.29. The van der Waals surface area contributed by atoms with Crippen molar-refractivity contribution in [3.63, 3.8) is 0 Å². The molecule has 0 saturated carbocycles. The number of aromatic nitrogens is 2. The Morgan fingerprint density at radius 2 is 2.00 bits per heavy atom. The highest BCUT2D eigenvalue weighted by atomic mass is 15.1. The molecule has 21 heavy (non-hydrogen) atoms. The van der Waals surface area contributed by atoms with E-state index in [1.54, 1.807) is 6.20 Å². The van der Waals surface area contributed by atoms with Gasteiger partial charge in [-0.05, 0) is 36.6 Å². The molecule has 0 amide bonds. The average molecular weight is 273 g/mol. The number of hydrogen-bond acceptors (Lipinski definition) is 2. The first-order valence-electron chi connectivity index (χ1n) is 6.91. The van der Waals surface area contributed by atoms with Gasteiger partial charge in [0, 0.05) is 11.6 Å². The molecule has 2 aromatic heterocycles. The van der Waals surface area contributed by atoms with Gasteiger partial charge < -0.3 is 0 Å². The summed E-state index contributed by atoms with van der Waals surface area (Å²) in [5, 5.41) is 10.7. The second-order valence-corrected chi connectivity index (χ2v) is 4.81. The predicted octanol–water partition coefficient (Wildman–Crippen LogP) is 4.02. The molecular weight excluding hydrogens is 258 g/mol. The molecule has 0 bridgehead atoms. The highest BCUT2D eigenvalue weighted by Gasteiger charge is 2.17. The van der Waals surface area contributed by atoms with Crippen LogP contribution in [0.25, 0.3) is 16.7 Å². The molecule has 0 atom stereocenters. The second kappa shape index (κ2) is 5.64. The number of aryl methyl sites for hydroxylation is 1. The molecule has 0 spiro atoms. The maximum absolute atomic E-state index is 9.64. The largest absolute Gasteiger partial charge is 0.285 e. The van der Waals surface area contributed by atoms with E-state index in [-0.39, 0.29) is 0 Å². The summed E-state index contributed by atoms with van der Waals surface area (Å²) in [6, 6.07) is 16.2. The fourth-order valence-corrected chi connectivity index (χ4v) is 2.65. The number of nitrogens with zero attached hydrogens (tertiary/aromatic N) is 3. The van der Waals surface area contributed by atoms with E-state index in [9.17, 15) is 5.26 Å². The minimum Gasteiger partial charge on any atom is -0.285 e. The van der Waals surface area contributed by atoms with Crippen LogP contribution in [0.5, 0.6) is 0 Å². The average Bonchev–Trinajstić information content (AvgIpc) is 2.87. The molecule has 0 aliphatic rings. The normalized spacial score (nSPS) is 10.4. The molecule has 0 saturated heterocycles. The maximum atomic E-state index is 9.64. The molecule has 2 heterocycles. The third kappa shape index (κ3) is 2.21. The number of fused-ring (bicyclic) bond motifs is 1. The van der Waals surface area contributed by atoms with Crippen LogP contribution in [0.2, 0.25) is 0 Å². The van der Waals surface area contributed by atoms with Crippen LogP contribution in [0.4, 0.5) is 0 Å². The maximum Gasteiger partial charge on any atom is 0.138 e. The Bertz CT molecular complexity index is 823. The van der Waals surface area contributed by atoms with Gasteiger partial charge in [-0.25, -0.2) is 4.98 Å². The number of rotatable bonds is 4. The lowest BCUT2D eigenvalue weighted by molar-refractivity contribution is 0.965. The van der Waals surface area contributed by atoms with Crippen molar-refractivity contribution in [3.05, 3.63) is 72.6 Å². The van der Waals surface area contributed by atoms with Crippen LogP contribution >= 0.6 is 0 Å². The Morgan fingerprint density at radius 1 is 1.19 bits per heavy atom. The van der Waals surface area contributed by atoms with Crippen LogP contribution < -0.4 is 0 Å². The third-order valence-corrected chi connectivity index (χ3v) is 3.56. The molecule has 1 aromatic carbocycles. The molecule has 3 aromatic rings. The van der Waals surface area contributed by atoms with Gasteiger partial charge in [0.1, 0.15) is 17.6 Å². The summed E-state index contributed by atoms with van der Waals surface area (Å²) in [4.78, 5) is 4.39. The Morgan fingerprint density at radius 3 is 2.71 bits per heavy atom. The lowest BCUT2D eigenvalue weighted by Gasteiger charge is -2.05. The summed E-state index contributed by atoms with van der Waals surface area (Å²) in [5.74, 6) is 0.773. The molecule has 3 nitrogen and oxygen atoms in total. The van der Waals surface area contributed by atoms with Crippen LogP contribution in [0, 0.1) is 11.3 Å². The van der Waals surface area contributed by atoms with Crippen LogP contribution in [0.15, 0.2) is 61.3 Å². The van der Waals surface area contributed by atoms with Gasteiger partial charge in [-0.1, -0.05) is 30.3 Å². The Labute approximate surface area is 123 Å². The SMILES string of the molecule is C=CCCc1c(C#N)n(-c2ccccn2)c2ccccc12. The van der Waals surface area contributed by atoms with Crippen molar-refractivity contribution in [2.24, 2.45) is 0 Å². The minimum atomic E-state index is 0.664. The first kappa shape index (κ1) is 13.1. The molecule has 0 radical (unpaired) electrons. The van der Waals surface area contributed by atoms with Crippen molar-refractivity contribution in [2.45, 2.75) is 12.8 Å². The van der Waals surface area contributed by atoms with E-state index in [1.807, 2.05) is 47.0 Å². The van der Waals surface area contributed by atoms with Crippen LogP contribution in [-0.2, 0) is 6.42 Å². The number of benzene rings is 1. The van der Waals surface area contributed by atoms with Crippen molar-refractivity contribution < 1.29 is 0 Å². The van der Waals surface area contributed by atoms with Crippen LogP contribution in [0.3, 0.4) is 0 Å². The predicted molar refractivity (Wildman–Crippen MR) is 84.3 cm³/mol. The highest BCUT2D eigenvalue weighted by Crippen LogP contribution is 2.29. The van der Waals surface area contributed by atoms with E-state index in [0.29, 0.717) is 5.69 Å². The zero-order chi connectivity index (χ0) is 14.7. The van der Waals surface area contributed by atoms with Crippen molar-refractivity contribution in [1.82, 2.24) is 9.55 Å². The van der Waals surface area contributed by atoms with Crippen LogP contribution in [-0.4, -0.2) is 9.55 Å². The lowest BCUT2D eigenvalue weighted by Crippen LogP contribution is -2.00. The van der Waals surface area contributed by atoms with Crippen LogP contribution in [0.1, 0.15) is 17.7 Å². The standard InChI is InChI=1S/C18H15N3/c1-2-3-8-15-14-9-4-5-10-16(14)21(17(15)13-19)18-11-6-7-12-20-18/h2,4-7,9-12H,1,3,8H2. The fourth-order valence-electron chi connectivity index (χ4n) is 2.65. The van der Waals surface area contributed by atoms with E-state index in [0.717, 1.165) is 35.1 Å². The van der Waals surface area contributed by atoms with E-state index < -0.39 is 0 Å². The second-order valence-electron chi connectivity index (χ2n) is 4.81. The molecule has 3 heteroatoms. The first-order valence-corrected chi connectivity index (χ1v) is 6.91. The molecule has 0 N–H and O–H groups in total. The van der Waals surface area contributed by atoms with Crippen molar-refractivity contribution >= 4 is 10.9 Å².